The van der Waals surface area contributed by atoms with Gasteiger partial charge in [-0.05, 0) is 72.9 Å². The molecule has 0 aliphatic heterocycles. The third kappa shape index (κ3) is 13.3. The zero-order chi connectivity index (χ0) is 35.5. The van der Waals surface area contributed by atoms with E-state index in [4.69, 9.17) is 15.2 Å². The molecule has 256 valence electrons. The van der Waals surface area contributed by atoms with Crippen molar-refractivity contribution in [1.29, 1.82) is 0 Å². The minimum absolute atomic E-state index is 0.108. The molecule has 0 bridgehead atoms. The van der Waals surface area contributed by atoms with Crippen LogP contribution in [-0.2, 0) is 35.1 Å². The van der Waals surface area contributed by atoms with E-state index in [0.29, 0.717) is 5.56 Å². The lowest BCUT2D eigenvalue weighted by Crippen LogP contribution is -2.55. The van der Waals surface area contributed by atoms with Crippen molar-refractivity contribution < 1.29 is 33.4 Å². The van der Waals surface area contributed by atoms with Crippen molar-refractivity contribution in [2.24, 2.45) is 5.73 Å². The fourth-order valence-corrected chi connectivity index (χ4v) is 4.96. The maximum atomic E-state index is 14.4. The fourth-order valence-electron chi connectivity index (χ4n) is 4.96. The Labute approximate surface area is 278 Å². The summed E-state index contributed by atoms with van der Waals surface area (Å²) in [6.45, 7) is 17.6. The molecular formula is C36H50N4O7. The van der Waals surface area contributed by atoms with Crippen molar-refractivity contribution in [1.82, 2.24) is 15.5 Å². The predicted octanol–water partition coefficient (Wildman–Crippen LogP) is 4.59. The summed E-state index contributed by atoms with van der Waals surface area (Å²) in [6, 6.07) is 11.0. The monoisotopic (exact) mass is 650 g/mol. The van der Waals surface area contributed by atoms with Crippen LogP contribution in [0.25, 0.3) is 0 Å². The molecule has 2 rings (SSSR count). The number of ether oxygens (including phenoxy) is 2. The van der Waals surface area contributed by atoms with Crippen molar-refractivity contribution in [3.63, 3.8) is 0 Å². The van der Waals surface area contributed by atoms with Gasteiger partial charge < -0.3 is 30.7 Å². The van der Waals surface area contributed by atoms with E-state index < -0.39 is 59.1 Å². The van der Waals surface area contributed by atoms with Crippen molar-refractivity contribution in [2.45, 2.75) is 104 Å². The lowest BCUT2D eigenvalue weighted by atomic mass is 9.97. The number of benzene rings is 2. The third-order valence-electron chi connectivity index (χ3n) is 6.69. The van der Waals surface area contributed by atoms with Gasteiger partial charge >= 0.3 is 12.1 Å². The molecule has 11 heteroatoms. The van der Waals surface area contributed by atoms with Crippen molar-refractivity contribution in [3.05, 3.63) is 83.4 Å². The van der Waals surface area contributed by atoms with Gasteiger partial charge in [0.25, 0.3) is 0 Å². The molecule has 2 aromatic rings. The second-order valence-corrected chi connectivity index (χ2v) is 13.6. The first-order valence-corrected chi connectivity index (χ1v) is 15.6. The molecule has 4 N–H and O–H groups in total. The Kier molecular flexibility index (Phi) is 13.7. The van der Waals surface area contributed by atoms with E-state index in [1.165, 1.54) is 11.0 Å². The third-order valence-corrected chi connectivity index (χ3v) is 6.69. The number of aryl methyl sites for hydroxylation is 2. The molecule has 2 aromatic carbocycles. The van der Waals surface area contributed by atoms with Crippen LogP contribution in [0.3, 0.4) is 0 Å². The summed E-state index contributed by atoms with van der Waals surface area (Å²) in [4.78, 5) is 68.0. The minimum Gasteiger partial charge on any atom is -0.458 e. The maximum Gasteiger partial charge on any atom is 0.408 e. The van der Waals surface area contributed by atoms with Crippen LogP contribution in [-0.4, -0.2) is 64.5 Å². The van der Waals surface area contributed by atoms with Gasteiger partial charge in [-0.3, -0.25) is 14.4 Å². The number of rotatable bonds is 14. The van der Waals surface area contributed by atoms with Crippen LogP contribution in [0.1, 0.15) is 82.7 Å². The van der Waals surface area contributed by atoms with Crippen LogP contribution in [0.5, 0.6) is 0 Å². The number of alkyl carbamates (subject to hydrolysis) is 1. The molecule has 47 heavy (non-hydrogen) atoms. The molecule has 0 saturated heterocycles. The second-order valence-electron chi connectivity index (χ2n) is 13.6. The first-order chi connectivity index (χ1) is 21.8. The lowest BCUT2D eigenvalue weighted by Gasteiger charge is -2.35. The van der Waals surface area contributed by atoms with E-state index in [0.717, 1.165) is 16.7 Å². The van der Waals surface area contributed by atoms with Gasteiger partial charge in [0.2, 0.25) is 17.7 Å². The van der Waals surface area contributed by atoms with E-state index in [1.54, 1.807) is 53.7 Å². The van der Waals surface area contributed by atoms with Gasteiger partial charge in [-0.1, -0.05) is 65.7 Å². The van der Waals surface area contributed by atoms with Gasteiger partial charge in [-0.15, -0.1) is 6.58 Å². The Bertz CT molecular complexity index is 1410. The van der Waals surface area contributed by atoms with Crippen LogP contribution in [0.15, 0.2) is 61.2 Å². The molecule has 3 unspecified atom stereocenters. The topological polar surface area (TPSA) is 157 Å². The van der Waals surface area contributed by atoms with E-state index in [-0.39, 0.29) is 25.8 Å². The van der Waals surface area contributed by atoms with Crippen molar-refractivity contribution in [2.75, 3.05) is 6.54 Å². The van der Waals surface area contributed by atoms with Gasteiger partial charge in [0.15, 0.2) is 0 Å². The van der Waals surface area contributed by atoms with Crippen LogP contribution < -0.4 is 16.4 Å². The normalized spacial score (nSPS) is 13.4. The average Bonchev–Trinajstić information content (AvgIpc) is 2.92. The molecule has 3 atom stereocenters. The number of nitrogens with zero attached hydrogens (tertiary/aromatic N) is 1. The Balaban J connectivity index is 2.64. The molecule has 11 nitrogen and oxygen atoms in total. The molecule has 0 aromatic heterocycles. The lowest BCUT2D eigenvalue weighted by molar-refractivity contribution is -0.159. The van der Waals surface area contributed by atoms with Gasteiger partial charge in [0.1, 0.15) is 29.3 Å². The molecular weight excluding hydrogens is 600 g/mol. The average molecular weight is 651 g/mol. The Hall–Kier alpha value is -4.67. The highest BCUT2D eigenvalue weighted by Gasteiger charge is 2.38. The summed E-state index contributed by atoms with van der Waals surface area (Å²) < 4.78 is 11.0. The number of nitrogens with two attached hydrogens (primary N) is 1. The molecule has 0 saturated carbocycles. The van der Waals surface area contributed by atoms with Crippen molar-refractivity contribution >= 4 is 29.8 Å². The SMILES string of the molecule is C=CCN(C(=O)C(CCC(N)=O)NC(=O)OC(C)(C)C)C(C(=O)NC(Cc1ccccc1)C(=O)OC(C)(C)C)c1cc(C)cc(C)c1. The molecule has 0 fully saturated rings. The maximum absolute atomic E-state index is 14.4. The van der Waals surface area contributed by atoms with Gasteiger partial charge in [-0.25, -0.2) is 9.59 Å². The summed E-state index contributed by atoms with van der Waals surface area (Å²) in [6.07, 6.45) is 0.356. The van der Waals surface area contributed by atoms with E-state index in [1.807, 2.05) is 50.2 Å². The van der Waals surface area contributed by atoms with Crippen LogP contribution >= 0.6 is 0 Å². The van der Waals surface area contributed by atoms with E-state index >= 15 is 0 Å². The number of esters is 1. The highest BCUT2D eigenvalue weighted by Crippen LogP contribution is 2.26. The molecule has 0 heterocycles. The van der Waals surface area contributed by atoms with Gasteiger partial charge in [0, 0.05) is 19.4 Å². The van der Waals surface area contributed by atoms with Crippen LogP contribution in [0.2, 0.25) is 0 Å². The smallest absolute Gasteiger partial charge is 0.408 e. The van der Waals surface area contributed by atoms with Gasteiger partial charge in [-0.2, -0.15) is 0 Å². The zero-order valence-corrected chi connectivity index (χ0v) is 28.8. The Morgan fingerprint density at radius 1 is 0.872 bits per heavy atom. The standard InChI is InChI=1S/C36H50N4O7/c1-10-18-40(32(43)27(16-17-29(37)41)39-34(45)47-36(7,8)9)30(26-20-23(2)19-24(3)21-26)31(42)38-28(33(44)46-35(4,5)6)22-25-14-12-11-13-15-25/h10-15,19-21,27-28,30H,1,16-18,22H2,2-9H3,(H2,37,41)(H,38,42)(H,39,45). The quantitative estimate of drug-likeness (QED) is 0.199. The molecule has 4 amide bonds. The number of carbonyl (C=O) groups excluding carboxylic acids is 5. The van der Waals surface area contributed by atoms with Crippen molar-refractivity contribution in [3.8, 4) is 0 Å². The summed E-state index contributed by atoms with van der Waals surface area (Å²) in [5.74, 6) is -2.63. The first kappa shape index (κ1) is 38.5. The zero-order valence-electron chi connectivity index (χ0n) is 28.8. The summed E-state index contributed by atoms with van der Waals surface area (Å²) in [7, 11) is 0. The highest BCUT2D eigenvalue weighted by atomic mass is 16.6. The Morgan fingerprint density at radius 3 is 1.96 bits per heavy atom. The Morgan fingerprint density at radius 2 is 1.45 bits per heavy atom. The predicted molar refractivity (Wildman–Crippen MR) is 180 cm³/mol. The van der Waals surface area contributed by atoms with E-state index in [9.17, 15) is 24.0 Å². The number of hydrogen-bond donors (Lipinski definition) is 3. The second kappa shape index (κ2) is 16.8. The number of primary amides is 1. The molecule has 0 spiro atoms. The molecule has 0 radical (unpaired) electrons. The molecule has 0 aliphatic rings. The molecule has 0 aliphatic carbocycles. The number of carbonyl (C=O) groups is 5. The van der Waals surface area contributed by atoms with Gasteiger partial charge in [0.05, 0.1) is 0 Å². The number of nitrogens with one attached hydrogen (secondary N) is 2. The number of amides is 4. The van der Waals surface area contributed by atoms with Crippen LogP contribution in [0.4, 0.5) is 4.79 Å². The highest BCUT2D eigenvalue weighted by molar-refractivity contribution is 5.94. The van der Waals surface area contributed by atoms with E-state index in [2.05, 4.69) is 17.2 Å². The van der Waals surface area contributed by atoms with Crippen LogP contribution in [0, 0.1) is 13.8 Å². The summed E-state index contributed by atoms with van der Waals surface area (Å²) in [5.41, 5.74) is 6.66. The fraction of sp³-hybridized carbons (Fsp3) is 0.472. The minimum atomic E-state index is -1.27. The number of hydrogen-bond acceptors (Lipinski definition) is 7. The summed E-state index contributed by atoms with van der Waals surface area (Å²) >= 11 is 0. The summed E-state index contributed by atoms with van der Waals surface area (Å²) in [5, 5.41) is 5.41. The largest absolute Gasteiger partial charge is 0.458 e. The first-order valence-electron chi connectivity index (χ1n) is 15.6.